The number of nitrogens with one attached hydrogen (secondary N) is 2. The van der Waals surface area contributed by atoms with Gasteiger partial charge in [-0.25, -0.2) is 0 Å². The van der Waals surface area contributed by atoms with Crippen molar-refractivity contribution in [3.63, 3.8) is 0 Å². The van der Waals surface area contributed by atoms with E-state index in [1.54, 1.807) is 30.3 Å². The van der Waals surface area contributed by atoms with E-state index in [2.05, 4.69) is 10.6 Å². The molecular formula is C16H19N3O3. The van der Waals surface area contributed by atoms with Gasteiger partial charge in [0, 0.05) is 6.04 Å². The lowest BCUT2D eigenvalue weighted by Crippen LogP contribution is -2.31. The lowest BCUT2D eigenvalue weighted by atomic mass is 10.1. The van der Waals surface area contributed by atoms with Crippen LogP contribution in [0.2, 0.25) is 0 Å². The maximum absolute atomic E-state index is 12.2. The third-order valence-electron chi connectivity index (χ3n) is 2.96. The first kappa shape index (κ1) is 15.8. The Hall–Kier alpha value is -2.60. The molecule has 0 aliphatic rings. The van der Waals surface area contributed by atoms with Gasteiger partial charge < -0.3 is 20.8 Å². The van der Waals surface area contributed by atoms with E-state index in [4.69, 9.17) is 10.2 Å². The minimum Gasteiger partial charge on any atom is -0.467 e. The lowest BCUT2D eigenvalue weighted by molar-refractivity contribution is 0.0944. The van der Waals surface area contributed by atoms with Crippen LogP contribution in [0.1, 0.15) is 40.3 Å². The van der Waals surface area contributed by atoms with E-state index < -0.39 is 0 Å². The third kappa shape index (κ3) is 3.73. The van der Waals surface area contributed by atoms with Crippen molar-refractivity contribution in [2.75, 3.05) is 5.32 Å². The first-order valence-electron chi connectivity index (χ1n) is 7.00. The number of carbonyl (C=O) groups excluding carboxylic acids is 2. The van der Waals surface area contributed by atoms with Gasteiger partial charge in [-0.15, -0.1) is 0 Å². The van der Waals surface area contributed by atoms with E-state index in [1.807, 2.05) is 13.8 Å². The molecule has 0 radical (unpaired) electrons. The average molecular weight is 301 g/mol. The molecule has 0 bridgehead atoms. The molecule has 0 unspecified atom stereocenters. The number of carbonyl (C=O) groups is 2. The highest BCUT2D eigenvalue weighted by Gasteiger charge is 2.15. The predicted octanol–water partition coefficient (Wildman–Crippen LogP) is 2.13. The maximum Gasteiger partial charge on any atom is 0.258 e. The zero-order valence-corrected chi connectivity index (χ0v) is 12.6. The Morgan fingerprint density at radius 1 is 1.23 bits per heavy atom. The fourth-order valence-electron chi connectivity index (χ4n) is 1.93. The molecule has 6 heteroatoms. The van der Waals surface area contributed by atoms with Crippen LogP contribution in [0.5, 0.6) is 0 Å². The average Bonchev–Trinajstić information content (AvgIpc) is 2.96. The second-order valence-electron chi connectivity index (χ2n) is 5.13. The Balaban J connectivity index is 2.19. The van der Waals surface area contributed by atoms with E-state index in [9.17, 15) is 9.59 Å². The standard InChI is InChI=1S/C16H19N3O3/c1-10(2)18-16(21)13-5-3-4-6-14(13)19-15(20)11-7-12(8-17)22-9-11/h3-7,9-10H,8,17H2,1-2H3,(H,18,21)(H,19,20). The van der Waals surface area contributed by atoms with Crippen molar-refractivity contribution in [3.8, 4) is 0 Å². The van der Waals surface area contributed by atoms with Gasteiger partial charge in [-0.05, 0) is 32.0 Å². The number of nitrogens with two attached hydrogens (primary N) is 1. The molecule has 0 aliphatic heterocycles. The normalized spacial score (nSPS) is 10.5. The fraction of sp³-hybridized carbons (Fsp3) is 0.250. The SMILES string of the molecule is CC(C)NC(=O)c1ccccc1NC(=O)c1coc(CN)c1. The van der Waals surface area contributed by atoms with Gasteiger partial charge in [-0.3, -0.25) is 9.59 Å². The van der Waals surface area contributed by atoms with Gasteiger partial charge in [0.05, 0.1) is 23.4 Å². The summed E-state index contributed by atoms with van der Waals surface area (Å²) in [7, 11) is 0. The van der Waals surface area contributed by atoms with E-state index >= 15 is 0 Å². The molecule has 6 nitrogen and oxygen atoms in total. The third-order valence-corrected chi connectivity index (χ3v) is 2.96. The van der Waals surface area contributed by atoms with Crippen LogP contribution in [0.3, 0.4) is 0 Å². The largest absolute Gasteiger partial charge is 0.467 e. The maximum atomic E-state index is 12.2. The molecule has 0 atom stereocenters. The molecule has 0 spiro atoms. The highest BCUT2D eigenvalue weighted by atomic mass is 16.3. The number of hydrogen-bond donors (Lipinski definition) is 3. The summed E-state index contributed by atoms with van der Waals surface area (Å²) in [5.74, 6) is -0.0648. The van der Waals surface area contributed by atoms with Crippen LogP contribution in [0.4, 0.5) is 5.69 Å². The number of rotatable bonds is 5. The van der Waals surface area contributed by atoms with Gasteiger partial charge in [0.15, 0.2) is 0 Å². The van der Waals surface area contributed by atoms with Crippen molar-refractivity contribution in [1.29, 1.82) is 0 Å². The van der Waals surface area contributed by atoms with Crippen molar-refractivity contribution < 1.29 is 14.0 Å². The number of amides is 2. The monoisotopic (exact) mass is 301 g/mol. The van der Waals surface area contributed by atoms with Crippen molar-refractivity contribution >= 4 is 17.5 Å². The van der Waals surface area contributed by atoms with Gasteiger partial charge >= 0.3 is 0 Å². The van der Waals surface area contributed by atoms with Crippen molar-refractivity contribution in [1.82, 2.24) is 5.32 Å². The van der Waals surface area contributed by atoms with Gasteiger partial charge in [-0.1, -0.05) is 12.1 Å². The van der Waals surface area contributed by atoms with Crippen LogP contribution < -0.4 is 16.4 Å². The summed E-state index contributed by atoms with van der Waals surface area (Å²) >= 11 is 0. The smallest absolute Gasteiger partial charge is 0.258 e. The van der Waals surface area contributed by atoms with Crippen LogP contribution in [0.15, 0.2) is 41.0 Å². The molecule has 4 N–H and O–H groups in total. The van der Waals surface area contributed by atoms with E-state index in [-0.39, 0.29) is 24.4 Å². The Kier molecular flexibility index (Phi) is 4.95. The van der Waals surface area contributed by atoms with Crippen LogP contribution >= 0.6 is 0 Å². The summed E-state index contributed by atoms with van der Waals surface area (Å²) in [6.45, 7) is 3.97. The van der Waals surface area contributed by atoms with E-state index in [1.165, 1.54) is 6.26 Å². The minimum atomic E-state index is -0.353. The zero-order chi connectivity index (χ0) is 16.1. The number of hydrogen-bond acceptors (Lipinski definition) is 4. The molecule has 116 valence electrons. The molecule has 1 aromatic carbocycles. The molecule has 2 aromatic rings. The summed E-state index contributed by atoms with van der Waals surface area (Å²) < 4.78 is 5.14. The number of benzene rings is 1. The molecule has 0 saturated carbocycles. The van der Waals surface area contributed by atoms with E-state index in [0.29, 0.717) is 22.6 Å². The van der Waals surface area contributed by atoms with Crippen LogP contribution in [-0.4, -0.2) is 17.9 Å². The molecular weight excluding hydrogens is 282 g/mol. The Labute approximate surface area is 128 Å². The number of anilines is 1. The first-order valence-corrected chi connectivity index (χ1v) is 7.00. The molecule has 2 amide bonds. The Morgan fingerprint density at radius 3 is 2.59 bits per heavy atom. The second kappa shape index (κ2) is 6.91. The van der Waals surface area contributed by atoms with Crippen LogP contribution in [0.25, 0.3) is 0 Å². The molecule has 1 aromatic heterocycles. The topological polar surface area (TPSA) is 97.4 Å². The van der Waals surface area contributed by atoms with Gasteiger partial charge in [0.25, 0.3) is 11.8 Å². The number of para-hydroxylation sites is 1. The van der Waals surface area contributed by atoms with E-state index in [0.717, 1.165) is 0 Å². The van der Waals surface area contributed by atoms with Gasteiger partial charge in [0.1, 0.15) is 12.0 Å². The summed E-state index contributed by atoms with van der Waals surface area (Å²) in [6, 6.07) is 8.42. The highest BCUT2D eigenvalue weighted by molar-refractivity contribution is 6.08. The highest BCUT2D eigenvalue weighted by Crippen LogP contribution is 2.17. The minimum absolute atomic E-state index is 0.0113. The fourth-order valence-corrected chi connectivity index (χ4v) is 1.93. The zero-order valence-electron chi connectivity index (χ0n) is 12.6. The summed E-state index contributed by atoms with van der Waals surface area (Å²) in [6.07, 6.45) is 1.34. The van der Waals surface area contributed by atoms with Gasteiger partial charge in [-0.2, -0.15) is 0 Å². The van der Waals surface area contributed by atoms with Crippen LogP contribution in [0, 0.1) is 0 Å². The Bertz CT molecular complexity index is 677. The summed E-state index contributed by atoms with van der Waals surface area (Å²) in [4.78, 5) is 24.3. The van der Waals surface area contributed by atoms with Gasteiger partial charge in [0.2, 0.25) is 0 Å². The van der Waals surface area contributed by atoms with Crippen molar-refractivity contribution in [2.45, 2.75) is 26.4 Å². The molecule has 0 aliphatic carbocycles. The lowest BCUT2D eigenvalue weighted by Gasteiger charge is -2.12. The Morgan fingerprint density at radius 2 is 1.95 bits per heavy atom. The van der Waals surface area contributed by atoms with Crippen molar-refractivity contribution in [3.05, 3.63) is 53.5 Å². The van der Waals surface area contributed by atoms with Crippen LogP contribution in [-0.2, 0) is 6.54 Å². The van der Waals surface area contributed by atoms with Crippen molar-refractivity contribution in [2.24, 2.45) is 5.73 Å². The molecule has 0 fully saturated rings. The molecule has 22 heavy (non-hydrogen) atoms. The molecule has 2 rings (SSSR count). The summed E-state index contributed by atoms with van der Waals surface area (Å²) in [5.41, 5.74) is 6.66. The second-order valence-corrected chi connectivity index (χ2v) is 5.13. The summed E-state index contributed by atoms with van der Waals surface area (Å²) in [5, 5.41) is 5.52. The molecule has 1 heterocycles. The quantitative estimate of drug-likeness (QED) is 0.788. The predicted molar refractivity (Wildman–Crippen MR) is 83.6 cm³/mol. The first-order chi connectivity index (χ1) is 10.5. The molecule has 0 saturated heterocycles. The number of furan rings is 1.